The highest BCUT2D eigenvalue weighted by Crippen LogP contribution is 2.20. The number of allylic oxidation sites excluding steroid dienone is 7. The van der Waals surface area contributed by atoms with Crippen LogP contribution >= 0.6 is 0 Å². The molecule has 0 unspecified atom stereocenters. The maximum absolute atomic E-state index is 10.7. The molecule has 3 nitrogen and oxygen atoms in total. The van der Waals surface area contributed by atoms with Gasteiger partial charge in [-0.15, -0.1) is 6.58 Å². The number of rotatable bonds is 10. The van der Waals surface area contributed by atoms with E-state index >= 15 is 0 Å². The molecule has 3 heteroatoms. The summed E-state index contributed by atoms with van der Waals surface area (Å²) in [5, 5.41) is 0. The Hall–Kier alpha value is -2.55. The SMILES string of the molecule is C=C(C)/C=C(/OCCOC(C)=O)C(=C)C(=C)/C=C\C(=C)CC.C=CC. The van der Waals surface area contributed by atoms with E-state index in [1.54, 1.807) is 12.2 Å². The summed E-state index contributed by atoms with van der Waals surface area (Å²) in [7, 11) is 0. The molecule has 0 atom stereocenters. The normalized spacial score (nSPS) is 10.3. The molecule has 25 heavy (non-hydrogen) atoms. The molecule has 0 aliphatic rings. The summed E-state index contributed by atoms with van der Waals surface area (Å²) >= 11 is 0. The van der Waals surface area contributed by atoms with Crippen molar-refractivity contribution < 1.29 is 14.3 Å². The Labute approximate surface area is 153 Å². The minimum Gasteiger partial charge on any atom is -0.489 e. The lowest BCUT2D eigenvalue weighted by Crippen LogP contribution is -2.08. The van der Waals surface area contributed by atoms with Gasteiger partial charge in [-0.05, 0) is 31.9 Å². The van der Waals surface area contributed by atoms with Gasteiger partial charge in [-0.2, -0.15) is 0 Å². The molecule has 0 saturated carbocycles. The first-order valence-corrected chi connectivity index (χ1v) is 8.14. The van der Waals surface area contributed by atoms with Crippen molar-refractivity contribution in [3.05, 3.63) is 85.3 Å². The third-order valence-electron chi connectivity index (χ3n) is 2.68. The van der Waals surface area contributed by atoms with Crippen molar-refractivity contribution in [3.8, 4) is 0 Å². The van der Waals surface area contributed by atoms with Crippen molar-refractivity contribution in [2.24, 2.45) is 0 Å². The van der Waals surface area contributed by atoms with Crippen LogP contribution in [0.3, 0.4) is 0 Å². The summed E-state index contributed by atoms with van der Waals surface area (Å²) in [6.07, 6.45) is 8.17. The van der Waals surface area contributed by atoms with E-state index in [9.17, 15) is 4.79 Å². The maximum atomic E-state index is 10.7. The average molecular weight is 344 g/mol. The molecule has 0 aromatic heterocycles. The van der Waals surface area contributed by atoms with Gasteiger partial charge in [-0.25, -0.2) is 0 Å². The van der Waals surface area contributed by atoms with Gasteiger partial charge in [0.25, 0.3) is 0 Å². The molecule has 0 N–H and O–H groups in total. The summed E-state index contributed by atoms with van der Waals surface area (Å²) in [6.45, 7) is 26.7. The summed E-state index contributed by atoms with van der Waals surface area (Å²) in [5.41, 5.74) is 3.23. The second kappa shape index (κ2) is 15.0. The van der Waals surface area contributed by atoms with E-state index in [4.69, 9.17) is 9.47 Å². The fourth-order valence-corrected chi connectivity index (χ4v) is 1.37. The van der Waals surface area contributed by atoms with Gasteiger partial charge in [-0.3, -0.25) is 4.79 Å². The highest BCUT2D eigenvalue weighted by Gasteiger charge is 2.07. The predicted molar refractivity (Wildman–Crippen MR) is 108 cm³/mol. The van der Waals surface area contributed by atoms with Crippen molar-refractivity contribution in [1.82, 2.24) is 0 Å². The molecule has 0 amide bonds. The Kier molecular flexibility index (Phi) is 14.8. The zero-order valence-corrected chi connectivity index (χ0v) is 16.2. The molecular formula is C22H32O3. The molecule has 0 aliphatic carbocycles. The fourth-order valence-electron chi connectivity index (χ4n) is 1.37. The van der Waals surface area contributed by atoms with Gasteiger partial charge in [0, 0.05) is 12.5 Å². The molecule has 0 aliphatic heterocycles. The summed E-state index contributed by atoms with van der Waals surface area (Å²) in [5.74, 6) is 0.231. The predicted octanol–water partition coefficient (Wildman–Crippen LogP) is 5.85. The summed E-state index contributed by atoms with van der Waals surface area (Å²) < 4.78 is 10.5. The van der Waals surface area contributed by atoms with Crippen LogP contribution in [0.15, 0.2) is 85.3 Å². The minimum atomic E-state index is -0.335. The van der Waals surface area contributed by atoms with E-state index in [2.05, 4.69) is 32.9 Å². The van der Waals surface area contributed by atoms with Crippen molar-refractivity contribution >= 4 is 5.97 Å². The number of carbonyl (C=O) groups excluding carboxylic acids is 1. The Morgan fingerprint density at radius 2 is 1.52 bits per heavy atom. The molecule has 138 valence electrons. The molecular weight excluding hydrogens is 312 g/mol. The lowest BCUT2D eigenvalue weighted by atomic mass is 10.0. The van der Waals surface area contributed by atoms with E-state index in [0.29, 0.717) is 11.3 Å². The summed E-state index contributed by atoms with van der Waals surface area (Å²) in [6, 6.07) is 0. The van der Waals surface area contributed by atoms with E-state index in [-0.39, 0.29) is 19.2 Å². The zero-order chi connectivity index (χ0) is 19.8. The molecule has 0 spiro atoms. The quantitative estimate of drug-likeness (QED) is 0.164. The first kappa shape index (κ1) is 24.7. The third kappa shape index (κ3) is 14.8. The minimum absolute atomic E-state index is 0.186. The Balaban J connectivity index is 0. The van der Waals surface area contributed by atoms with Crippen molar-refractivity contribution in [2.45, 2.75) is 34.1 Å². The van der Waals surface area contributed by atoms with Gasteiger partial charge in [-0.1, -0.05) is 62.6 Å². The van der Waals surface area contributed by atoms with Crippen LogP contribution in [0.4, 0.5) is 0 Å². The highest BCUT2D eigenvalue weighted by atomic mass is 16.6. The van der Waals surface area contributed by atoms with Crippen molar-refractivity contribution in [1.29, 1.82) is 0 Å². The number of hydrogen-bond donors (Lipinski definition) is 0. The lowest BCUT2D eigenvalue weighted by Gasteiger charge is -2.14. The number of ether oxygens (including phenoxy) is 2. The smallest absolute Gasteiger partial charge is 0.302 e. The zero-order valence-electron chi connectivity index (χ0n) is 16.2. The molecule has 0 radical (unpaired) electrons. The van der Waals surface area contributed by atoms with Crippen molar-refractivity contribution in [3.63, 3.8) is 0 Å². The number of carbonyl (C=O) groups is 1. The van der Waals surface area contributed by atoms with Crippen LogP contribution in [0, 0.1) is 0 Å². The Bertz CT molecular complexity index is 560. The standard InChI is InChI=1S/C19H26O3.C3H6/c1-8-15(4)9-10-16(5)17(6)19(13-14(2)3)22-12-11-21-18(7)20;1-3-2/h9-10,13H,2,4-6,8,11-12H2,1,3,7H3;3H,1H2,2H3/b10-9-,19-13+;. The summed E-state index contributed by atoms with van der Waals surface area (Å²) in [4.78, 5) is 10.7. The van der Waals surface area contributed by atoms with Crippen molar-refractivity contribution in [2.75, 3.05) is 13.2 Å². The van der Waals surface area contributed by atoms with Gasteiger partial charge in [0.15, 0.2) is 0 Å². The lowest BCUT2D eigenvalue weighted by molar-refractivity contribution is -0.142. The molecule has 0 fully saturated rings. The van der Waals surface area contributed by atoms with E-state index in [0.717, 1.165) is 23.1 Å². The second-order valence-electron chi connectivity index (χ2n) is 5.30. The van der Waals surface area contributed by atoms with Crippen LogP contribution in [-0.2, 0) is 14.3 Å². The molecule has 0 aromatic carbocycles. The van der Waals surface area contributed by atoms with Crippen LogP contribution in [0.2, 0.25) is 0 Å². The first-order valence-electron chi connectivity index (χ1n) is 8.14. The monoisotopic (exact) mass is 344 g/mol. The second-order valence-corrected chi connectivity index (χ2v) is 5.30. The van der Waals surface area contributed by atoms with E-state index in [1.807, 2.05) is 32.9 Å². The molecule has 0 rings (SSSR count). The van der Waals surface area contributed by atoms with Gasteiger partial charge in [0.2, 0.25) is 0 Å². The Morgan fingerprint density at radius 1 is 1.00 bits per heavy atom. The largest absolute Gasteiger partial charge is 0.489 e. The van der Waals surface area contributed by atoms with Gasteiger partial charge < -0.3 is 9.47 Å². The highest BCUT2D eigenvalue weighted by molar-refractivity contribution is 5.65. The topological polar surface area (TPSA) is 35.5 Å². The number of esters is 1. The van der Waals surface area contributed by atoms with Crippen LogP contribution in [0.1, 0.15) is 34.1 Å². The maximum Gasteiger partial charge on any atom is 0.302 e. The van der Waals surface area contributed by atoms with E-state index < -0.39 is 0 Å². The fraction of sp³-hybridized carbons (Fsp3) is 0.318. The number of hydrogen-bond acceptors (Lipinski definition) is 3. The van der Waals surface area contributed by atoms with E-state index in [1.165, 1.54) is 6.92 Å². The van der Waals surface area contributed by atoms with Crippen LogP contribution < -0.4 is 0 Å². The van der Waals surface area contributed by atoms with Crippen LogP contribution in [0.25, 0.3) is 0 Å². The van der Waals surface area contributed by atoms with Gasteiger partial charge >= 0.3 is 5.97 Å². The van der Waals surface area contributed by atoms with Crippen LogP contribution in [0.5, 0.6) is 0 Å². The average Bonchev–Trinajstić information content (AvgIpc) is 2.54. The molecule has 0 aromatic rings. The van der Waals surface area contributed by atoms with Gasteiger partial charge in [0.1, 0.15) is 19.0 Å². The third-order valence-corrected chi connectivity index (χ3v) is 2.68. The van der Waals surface area contributed by atoms with Gasteiger partial charge in [0.05, 0.1) is 0 Å². The first-order chi connectivity index (χ1) is 11.7. The van der Waals surface area contributed by atoms with Crippen LogP contribution in [-0.4, -0.2) is 19.2 Å². The molecule has 0 heterocycles. The Morgan fingerprint density at radius 3 is 1.96 bits per heavy atom. The molecule has 0 saturated heterocycles. The molecule has 0 bridgehead atoms.